The van der Waals surface area contributed by atoms with Crippen molar-refractivity contribution in [2.75, 3.05) is 4.90 Å². The molecule has 5 nitrogen and oxygen atoms in total. The molecular weight excluding hydrogens is 488 g/mol. The van der Waals surface area contributed by atoms with E-state index in [9.17, 15) is 14.7 Å². The van der Waals surface area contributed by atoms with Gasteiger partial charge in [-0.3, -0.25) is 14.5 Å². The van der Waals surface area contributed by atoms with Crippen LogP contribution in [0.15, 0.2) is 77.4 Å². The van der Waals surface area contributed by atoms with Crippen molar-refractivity contribution in [1.82, 2.24) is 4.98 Å². The molecule has 1 atom stereocenters. The normalized spacial score (nSPS) is 15.9. The summed E-state index contributed by atoms with van der Waals surface area (Å²) in [4.78, 5) is 34.4. The highest BCUT2D eigenvalue weighted by molar-refractivity contribution is 7.17. The lowest BCUT2D eigenvalue weighted by atomic mass is 9.98. The van der Waals surface area contributed by atoms with Crippen molar-refractivity contribution in [1.29, 1.82) is 0 Å². The minimum atomic E-state index is -0.747. The first-order chi connectivity index (χ1) is 16.4. The van der Waals surface area contributed by atoms with Crippen molar-refractivity contribution < 1.29 is 14.7 Å². The summed E-state index contributed by atoms with van der Waals surface area (Å²) in [6, 6.07) is 17.6. The molecule has 0 bridgehead atoms. The van der Waals surface area contributed by atoms with E-state index in [1.165, 1.54) is 27.6 Å². The number of nitrogens with zero attached hydrogens (tertiary/aromatic N) is 2. The molecule has 0 saturated carbocycles. The van der Waals surface area contributed by atoms with Gasteiger partial charge in [-0.1, -0.05) is 41.9 Å². The van der Waals surface area contributed by atoms with Crippen LogP contribution in [0.2, 0.25) is 5.02 Å². The average Bonchev–Trinajstić information content (AvgIpc) is 3.51. The first-order valence-electron chi connectivity index (χ1n) is 10.5. The van der Waals surface area contributed by atoms with Crippen LogP contribution in [0, 0.1) is 13.8 Å². The van der Waals surface area contributed by atoms with Gasteiger partial charge >= 0.3 is 0 Å². The number of aromatic nitrogens is 1. The summed E-state index contributed by atoms with van der Waals surface area (Å²) in [5.74, 6) is -1.54. The van der Waals surface area contributed by atoms with Gasteiger partial charge in [-0.2, -0.15) is 0 Å². The van der Waals surface area contributed by atoms with Crippen molar-refractivity contribution in [3.8, 4) is 10.6 Å². The Morgan fingerprint density at radius 3 is 2.41 bits per heavy atom. The number of Topliss-reactive ketones (excluding diaryl/α,β-unsaturated/α-hetero) is 1. The van der Waals surface area contributed by atoms with Crippen LogP contribution in [-0.2, 0) is 4.79 Å². The van der Waals surface area contributed by atoms with Crippen molar-refractivity contribution in [3.05, 3.63) is 103 Å². The lowest BCUT2D eigenvalue weighted by Gasteiger charge is -2.26. The maximum atomic E-state index is 13.9. The Hall–Kier alpha value is -3.26. The van der Waals surface area contributed by atoms with Gasteiger partial charge in [0.25, 0.3) is 5.91 Å². The van der Waals surface area contributed by atoms with Crippen molar-refractivity contribution in [2.45, 2.75) is 19.9 Å². The number of ketones is 1. The summed E-state index contributed by atoms with van der Waals surface area (Å²) in [5, 5.41) is 14.1. The predicted octanol–water partition coefficient (Wildman–Crippen LogP) is 6.92. The fourth-order valence-electron chi connectivity index (χ4n) is 4.05. The van der Waals surface area contributed by atoms with E-state index in [-0.39, 0.29) is 5.57 Å². The molecule has 5 rings (SSSR count). The molecule has 34 heavy (non-hydrogen) atoms. The van der Waals surface area contributed by atoms with Crippen LogP contribution in [0.3, 0.4) is 0 Å². The molecule has 0 radical (unpaired) electrons. The van der Waals surface area contributed by atoms with E-state index < -0.39 is 23.5 Å². The Morgan fingerprint density at radius 2 is 1.76 bits per heavy atom. The standard InChI is InChI=1S/C26H19ClN2O3S2/c1-14-12-13-33-23(14)20-19(22(31)26(32)29(20)18-10-8-17(27)9-11-18)21(30)24-15(2)28-25(34-24)16-6-4-3-5-7-16/h3-13,20,31H,1-2H3. The summed E-state index contributed by atoms with van der Waals surface area (Å²) < 4.78 is 0. The highest BCUT2D eigenvalue weighted by Crippen LogP contribution is 2.45. The molecule has 4 aromatic rings. The fraction of sp³-hybridized carbons (Fsp3) is 0.115. The van der Waals surface area contributed by atoms with Gasteiger partial charge in [0.1, 0.15) is 11.0 Å². The number of benzene rings is 2. The second-order valence-electron chi connectivity index (χ2n) is 7.91. The second-order valence-corrected chi connectivity index (χ2v) is 10.3. The van der Waals surface area contributed by atoms with Crippen molar-refractivity contribution in [3.63, 3.8) is 0 Å². The Morgan fingerprint density at radius 1 is 1.06 bits per heavy atom. The largest absolute Gasteiger partial charge is 0.503 e. The number of carbonyl (C=O) groups excluding carboxylic acids is 2. The van der Waals surface area contributed by atoms with Gasteiger partial charge in [-0.05, 0) is 55.1 Å². The number of hydrogen-bond acceptors (Lipinski definition) is 6. The SMILES string of the molecule is Cc1ccsc1C1C(C(=O)c2sc(-c3ccccc3)nc2C)=C(O)C(=O)N1c1ccc(Cl)cc1. The second kappa shape index (κ2) is 8.83. The molecular formula is C26H19ClN2O3S2. The van der Waals surface area contributed by atoms with E-state index in [1.54, 1.807) is 31.2 Å². The van der Waals surface area contributed by atoms with Crippen LogP contribution in [-0.4, -0.2) is 21.8 Å². The minimum absolute atomic E-state index is 0.0665. The Bertz CT molecular complexity index is 1440. The molecule has 0 saturated heterocycles. The number of thiophene rings is 1. The van der Waals surface area contributed by atoms with E-state index >= 15 is 0 Å². The summed E-state index contributed by atoms with van der Waals surface area (Å²) in [6.45, 7) is 3.70. The summed E-state index contributed by atoms with van der Waals surface area (Å²) in [6.07, 6.45) is 0. The number of rotatable bonds is 5. The molecule has 2 aromatic carbocycles. The number of hydrogen-bond donors (Lipinski definition) is 1. The number of aliphatic hydroxyl groups excluding tert-OH is 1. The molecule has 0 fully saturated rings. The lowest BCUT2D eigenvalue weighted by molar-refractivity contribution is -0.117. The Balaban J connectivity index is 1.63. The molecule has 2 aromatic heterocycles. The van der Waals surface area contributed by atoms with Crippen molar-refractivity contribution in [2.24, 2.45) is 0 Å². The third-order valence-corrected chi connectivity index (χ3v) is 8.26. The van der Waals surface area contributed by atoms with E-state index in [4.69, 9.17) is 11.6 Å². The fourth-order valence-corrected chi connectivity index (χ4v) is 6.23. The van der Waals surface area contributed by atoms with Crippen LogP contribution < -0.4 is 4.90 Å². The zero-order valence-electron chi connectivity index (χ0n) is 18.3. The first-order valence-corrected chi connectivity index (χ1v) is 12.6. The third-order valence-electron chi connectivity index (χ3n) is 5.73. The van der Waals surface area contributed by atoms with E-state index in [0.29, 0.717) is 26.3 Å². The van der Waals surface area contributed by atoms with Gasteiger partial charge in [0.2, 0.25) is 5.78 Å². The minimum Gasteiger partial charge on any atom is -0.503 e. The van der Waals surface area contributed by atoms with Gasteiger partial charge in [-0.15, -0.1) is 22.7 Å². The molecule has 1 aliphatic rings. The topological polar surface area (TPSA) is 70.5 Å². The molecule has 1 unspecified atom stereocenters. The maximum Gasteiger partial charge on any atom is 0.294 e. The van der Waals surface area contributed by atoms with Crippen molar-refractivity contribution >= 4 is 51.7 Å². The molecule has 0 aliphatic carbocycles. The van der Waals surface area contributed by atoms with E-state index in [2.05, 4.69) is 4.98 Å². The Labute approximate surface area is 209 Å². The lowest BCUT2D eigenvalue weighted by Crippen LogP contribution is -2.30. The van der Waals surface area contributed by atoms with E-state index in [1.807, 2.05) is 48.7 Å². The number of thiazole rings is 1. The summed E-state index contributed by atoms with van der Waals surface area (Å²) in [5.41, 5.74) is 3.02. The highest BCUT2D eigenvalue weighted by Gasteiger charge is 2.46. The van der Waals surface area contributed by atoms with Crippen LogP contribution in [0.4, 0.5) is 5.69 Å². The number of carbonyl (C=O) groups is 2. The average molecular weight is 507 g/mol. The maximum absolute atomic E-state index is 13.9. The molecule has 1 N–H and O–H groups in total. The van der Waals surface area contributed by atoms with E-state index in [0.717, 1.165) is 16.0 Å². The van der Waals surface area contributed by atoms with Gasteiger partial charge in [0, 0.05) is 21.2 Å². The monoisotopic (exact) mass is 506 g/mol. The molecule has 1 aliphatic heterocycles. The zero-order valence-corrected chi connectivity index (χ0v) is 20.7. The molecule has 170 valence electrons. The van der Waals surface area contributed by atoms with Gasteiger partial charge < -0.3 is 5.11 Å². The highest BCUT2D eigenvalue weighted by atomic mass is 35.5. The number of aliphatic hydroxyl groups is 1. The van der Waals surface area contributed by atoms with Gasteiger partial charge in [-0.25, -0.2) is 4.98 Å². The summed E-state index contributed by atoms with van der Waals surface area (Å²) in [7, 11) is 0. The number of anilines is 1. The van der Waals surface area contributed by atoms with Gasteiger partial charge in [0.05, 0.1) is 16.1 Å². The third kappa shape index (κ3) is 3.76. The Kier molecular flexibility index (Phi) is 5.85. The number of amides is 1. The van der Waals surface area contributed by atoms with Crippen LogP contribution in [0.1, 0.15) is 31.8 Å². The summed E-state index contributed by atoms with van der Waals surface area (Å²) >= 11 is 8.76. The zero-order chi connectivity index (χ0) is 24.0. The number of aryl methyl sites for hydroxylation is 2. The predicted molar refractivity (Wildman–Crippen MR) is 137 cm³/mol. The molecule has 3 heterocycles. The number of halogens is 1. The van der Waals surface area contributed by atoms with Crippen LogP contribution in [0.5, 0.6) is 0 Å². The first kappa shape index (κ1) is 22.5. The quantitative estimate of drug-likeness (QED) is 0.298. The molecule has 1 amide bonds. The molecule has 8 heteroatoms. The van der Waals surface area contributed by atoms with Crippen LogP contribution >= 0.6 is 34.3 Å². The van der Waals surface area contributed by atoms with Gasteiger partial charge in [0.15, 0.2) is 5.76 Å². The molecule has 0 spiro atoms. The van der Waals surface area contributed by atoms with Crippen LogP contribution in [0.25, 0.3) is 10.6 Å². The smallest absolute Gasteiger partial charge is 0.294 e.